The molecule has 4 nitrogen and oxygen atoms in total. The van der Waals surface area contributed by atoms with E-state index in [-0.39, 0.29) is 11.6 Å². The number of quaternary nitrogens is 1. The van der Waals surface area contributed by atoms with E-state index in [0.29, 0.717) is 17.8 Å². The molecule has 1 aromatic carbocycles. The zero-order valence-corrected chi connectivity index (χ0v) is 15.5. The molecule has 1 unspecified atom stereocenters. The fraction of sp³-hybridized carbons (Fsp3) is 0.333. The van der Waals surface area contributed by atoms with Crippen molar-refractivity contribution in [1.82, 2.24) is 4.98 Å². The molecule has 0 spiro atoms. The van der Waals surface area contributed by atoms with Crippen molar-refractivity contribution in [3.05, 3.63) is 56.8 Å². The van der Waals surface area contributed by atoms with Crippen molar-refractivity contribution in [3.63, 3.8) is 0 Å². The normalized spacial score (nSPS) is 12.2. The second-order valence-electron chi connectivity index (χ2n) is 6.01. The highest BCUT2D eigenvalue weighted by Crippen LogP contribution is 2.18. The number of H-pyrrole nitrogens is 1. The zero-order valence-electron chi connectivity index (χ0n) is 13.9. The number of aromatic nitrogens is 1. The van der Waals surface area contributed by atoms with Crippen LogP contribution in [0.2, 0.25) is 0 Å². The first-order valence-corrected chi connectivity index (χ1v) is 8.38. The molecular weight excluding hydrogens is 356 g/mol. The summed E-state index contributed by atoms with van der Waals surface area (Å²) in [4.78, 5) is 28.4. The van der Waals surface area contributed by atoms with Gasteiger partial charge in [-0.05, 0) is 32.4 Å². The van der Waals surface area contributed by atoms with E-state index in [9.17, 15) is 9.59 Å². The summed E-state index contributed by atoms with van der Waals surface area (Å²) in [5, 5.41) is 0. The standard InChI is InChI=1S/C18H21BrN2O2/c1-11-17(13(3)22)12(2)20-18(11)16(23)10-21(4)9-14-7-5-6-8-15(14)19/h5-8,20H,9-10H2,1-4H3/p+1. The molecule has 0 fully saturated rings. The average molecular weight is 378 g/mol. The molecule has 2 rings (SSSR count). The molecule has 122 valence electrons. The van der Waals surface area contributed by atoms with Crippen LogP contribution in [0.15, 0.2) is 28.7 Å². The van der Waals surface area contributed by atoms with Crippen LogP contribution in [-0.4, -0.2) is 30.1 Å². The second kappa shape index (κ2) is 7.23. The number of carbonyl (C=O) groups is 2. The molecule has 0 saturated heterocycles. The smallest absolute Gasteiger partial charge is 0.233 e. The lowest BCUT2D eigenvalue weighted by atomic mass is 10.1. The number of Topliss-reactive ketones (excluding diaryl/α,β-unsaturated/α-hetero) is 2. The van der Waals surface area contributed by atoms with Crippen LogP contribution in [0, 0.1) is 13.8 Å². The Morgan fingerprint density at radius 2 is 1.87 bits per heavy atom. The van der Waals surface area contributed by atoms with Gasteiger partial charge >= 0.3 is 0 Å². The molecule has 0 saturated carbocycles. The van der Waals surface area contributed by atoms with Crippen LogP contribution in [-0.2, 0) is 6.54 Å². The Hall–Kier alpha value is -1.72. The van der Waals surface area contributed by atoms with Gasteiger partial charge in [-0.15, -0.1) is 0 Å². The molecule has 2 N–H and O–H groups in total. The maximum atomic E-state index is 12.6. The number of aryl methyl sites for hydroxylation is 1. The summed E-state index contributed by atoms with van der Waals surface area (Å²) in [6.07, 6.45) is 0. The average Bonchev–Trinajstić information content (AvgIpc) is 2.76. The van der Waals surface area contributed by atoms with Gasteiger partial charge in [-0.2, -0.15) is 0 Å². The van der Waals surface area contributed by atoms with Crippen molar-refractivity contribution in [1.29, 1.82) is 0 Å². The van der Waals surface area contributed by atoms with Crippen molar-refractivity contribution in [2.45, 2.75) is 27.3 Å². The number of ketones is 2. The first-order chi connectivity index (χ1) is 10.8. The lowest BCUT2D eigenvalue weighted by Crippen LogP contribution is -3.08. The van der Waals surface area contributed by atoms with Gasteiger partial charge in [0.05, 0.1) is 12.7 Å². The molecule has 23 heavy (non-hydrogen) atoms. The molecule has 2 aromatic rings. The third-order valence-corrected chi connectivity index (χ3v) is 4.75. The largest absolute Gasteiger partial charge is 0.355 e. The molecule has 0 bridgehead atoms. The van der Waals surface area contributed by atoms with Gasteiger partial charge in [-0.25, -0.2) is 0 Å². The van der Waals surface area contributed by atoms with Gasteiger partial charge in [0.15, 0.2) is 5.78 Å². The Kier molecular flexibility index (Phi) is 5.55. The maximum Gasteiger partial charge on any atom is 0.233 e. The number of hydrogen-bond acceptors (Lipinski definition) is 2. The summed E-state index contributed by atoms with van der Waals surface area (Å²) in [5.74, 6) is 0.0203. The Bertz CT molecular complexity index is 749. The van der Waals surface area contributed by atoms with E-state index in [1.807, 2.05) is 39.1 Å². The highest BCUT2D eigenvalue weighted by Gasteiger charge is 2.22. The Morgan fingerprint density at radius 1 is 1.22 bits per heavy atom. The first-order valence-electron chi connectivity index (χ1n) is 7.59. The molecule has 0 aliphatic rings. The molecule has 1 atom stereocenters. The van der Waals surface area contributed by atoms with E-state index < -0.39 is 0 Å². The number of carbonyl (C=O) groups excluding carboxylic acids is 2. The second-order valence-corrected chi connectivity index (χ2v) is 6.86. The third kappa shape index (κ3) is 3.98. The summed E-state index contributed by atoms with van der Waals surface area (Å²) in [7, 11) is 1.99. The molecule has 0 aliphatic heterocycles. The highest BCUT2D eigenvalue weighted by molar-refractivity contribution is 9.10. The van der Waals surface area contributed by atoms with Gasteiger partial charge in [-0.1, -0.05) is 34.1 Å². The summed E-state index contributed by atoms with van der Waals surface area (Å²) in [6.45, 7) is 6.32. The molecule has 0 amide bonds. The van der Waals surface area contributed by atoms with Crippen LogP contribution in [0.1, 0.15) is 44.6 Å². The number of rotatable bonds is 6. The molecule has 1 heterocycles. The summed E-state index contributed by atoms with van der Waals surface area (Å²) >= 11 is 3.53. The number of benzene rings is 1. The fourth-order valence-corrected chi connectivity index (χ4v) is 3.37. The molecular formula is C18H22BrN2O2+. The SMILES string of the molecule is CC(=O)c1c(C)[nH]c(C(=O)C[NH+](C)Cc2ccccc2Br)c1C. The number of halogens is 1. The molecule has 0 aliphatic carbocycles. The van der Waals surface area contributed by atoms with E-state index in [2.05, 4.69) is 27.0 Å². The fourth-order valence-electron chi connectivity index (χ4n) is 2.95. The minimum atomic E-state index is -0.00998. The summed E-state index contributed by atoms with van der Waals surface area (Å²) in [6, 6.07) is 8.02. The van der Waals surface area contributed by atoms with Crippen molar-refractivity contribution in [2.24, 2.45) is 0 Å². The van der Waals surface area contributed by atoms with Crippen LogP contribution >= 0.6 is 15.9 Å². The third-order valence-electron chi connectivity index (χ3n) is 3.98. The van der Waals surface area contributed by atoms with Gasteiger partial charge in [0.25, 0.3) is 0 Å². The molecule has 1 aromatic heterocycles. The number of hydrogen-bond donors (Lipinski definition) is 2. The van der Waals surface area contributed by atoms with Gasteiger partial charge in [0.1, 0.15) is 13.1 Å². The quantitative estimate of drug-likeness (QED) is 0.759. The van der Waals surface area contributed by atoms with Gasteiger partial charge in [0, 0.05) is 21.3 Å². The van der Waals surface area contributed by atoms with Crippen LogP contribution in [0.5, 0.6) is 0 Å². The summed E-state index contributed by atoms with van der Waals surface area (Å²) < 4.78 is 1.05. The van der Waals surface area contributed by atoms with Crippen LogP contribution in [0.25, 0.3) is 0 Å². The molecule has 5 heteroatoms. The van der Waals surface area contributed by atoms with Gasteiger partial charge < -0.3 is 9.88 Å². The zero-order chi connectivity index (χ0) is 17.1. The maximum absolute atomic E-state index is 12.6. The van der Waals surface area contributed by atoms with E-state index in [1.54, 1.807) is 0 Å². The van der Waals surface area contributed by atoms with Crippen LogP contribution < -0.4 is 4.90 Å². The van der Waals surface area contributed by atoms with E-state index >= 15 is 0 Å². The number of likely N-dealkylation sites (N-methyl/N-ethyl adjacent to an activating group) is 1. The van der Waals surface area contributed by atoms with Crippen LogP contribution in [0.4, 0.5) is 0 Å². The Labute approximate surface area is 145 Å². The predicted molar refractivity (Wildman–Crippen MR) is 94.2 cm³/mol. The van der Waals surface area contributed by atoms with Gasteiger partial charge in [0.2, 0.25) is 5.78 Å². The van der Waals surface area contributed by atoms with Crippen molar-refractivity contribution in [3.8, 4) is 0 Å². The van der Waals surface area contributed by atoms with E-state index in [0.717, 1.165) is 27.2 Å². The topological polar surface area (TPSA) is 54.4 Å². The molecule has 0 radical (unpaired) electrons. The monoisotopic (exact) mass is 377 g/mol. The highest BCUT2D eigenvalue weighted by atomic mass is 79.9. The summed E-state index contributed by atoms with van der Waals surface area (Å²) in [5.41, 5.74) is 3.88. The number of aromatic amines is 1. The van der Waals surface area contributed by atoms with Crippen LogP contribution in [0.3, 0.4) is 0 Å². The van der Waals surface area contributed by atoms with E-state index in [4.69, 9.17) is 0 Å². The first kappa shape index (κ1) is 17.6. The van der Waals surface area contributed by atoms with Crippen molar-refractivity contribution >= 4 is 27.5 Å². The predicted octanol–water partition coefficient (Wildman–Crippen LogP) is 2.49. The van der Waals surface area contributed by atoms with Crippen molar-refractivity contribution in [2.75, 3.05) is 13.6 Å². The minimum absolute atomic E-state index is 0.00998. The Morgan fingerprint density at radius 3 is 2.43 bits per heavy atom. The lowest BCUT2D eigenvalue weighted by molar-refractivity contribution is -0.885. The van der Waals surface area contributed by atoms with E-state index in [1.165, 1.54) is 12.5 Å². The Balaban J connectivity index is 2.12. The van der Waals surface area contributed by atoms with Crippen molar-refractivity contribution < 1.29 is 14.5 Å². The minimum Gasteiger partial charge on any atom is -0.355 e. The van der Waals surface area contributed by atoms with Gasteiger partial charge in [-0.3, -0.25) is 9.59 Å². The number of nitrogens with one attached hydrogen (secondary N) is 2. The lowest BCUT2D eigenvalue weighted by Gasteiger charge is -2.14.